The molecule has 0 radical (unpaired) electrons. The van der Waals surface area contributed by atoms with Gasteiger partial charge in [0.25, 0.3) is 5.91 Å². The fourth-order valence-corrected chi connectivity index (χ4v) is 4.51. The number of thiocarbonyl (C=S) groups is 1. The van der Waals surface area contributed by atoms with Gasteiger partial charge in [-0.15, -0.1) is 0 Å². The van der Waals surface area contributed by atoms with Crippen LogP contribution in [0.3, 0.4) is 0 Å². The van der Waals surface area contributed by atoms with Gasteiger partial charge in [-0.2, -0.15) is 0 Å². The van der Waals surface area contributed by atoms with Crippen molar-refractivity contribution in [3.63, 3.8) is 0 Å². The number of benzene rings is 2. The van der Waals surface area contributed by atoms with E-state index in [0.717, 1.165) is 37.1 Å². The number of hydrogen-bond acceptors (Lipinski definition) is 5. The maximum atomic E-state index is 12.9. The van der Waals surface area contributed by atoms with Gasteiger partial charge in [-0.25, -0.2) is 0 Å². The molecule has 3 rings (SSSR count). The molecule has 9 heteroatoms. The Morgan fingerprint density at radius 2 is 1.72 bits per heavy atom. The smallest absolute Gasteiger partial charge is 0.253 e. The van der Waals surface area contributed by atoms with Gasteiger partial charge in [0, 0.05) is 43.9 Å². The number of anilines is 2. The van der Waals surface area contributed by atoms with Crippen molar-refractivity contribution < 1.29 is 14.3 Å². The molecule has 2 N–H and O–H groups in total. The minimum absolute atomic E-state index is 0.0209. The quantitative estimate of drug-likeness (QED) is 0.313. The maximum absolute atomic E-state index is 12.9. The van der Waals surface area contributed by atoms with Crippen LogP contribution in [0.1, 0.15) is 56.3 Å². The van der Waals surface area contributed by atoms with Crippen molar-refractivity contribution in [3.8, 4) is 5.75 Å². The molecule has 0 aliphatic carbocycles. The van der Waals surface area contributed by atoms with Crippen molar-refractivity contribution in [1.29, 1.82) is 0 Å². The van der Waals surface area contributed by atoms with Crippen molar-refractivity contribution in [3.05, 3.63) is 53.1 Å². The summed E-state index contributed by atoms with van der Waals surface area (Å²) < 4.78 is 5.60. The van der Waals surface area contributed by atoms with Crippen LogP contribution in [0.4, 0.5) is 11.4 Å². The van der Waals surface area contributed by atoms with Crippen LogP contribution in [0.15, 0.2) is 42.5 Å². The van der Waals surface area contributed by atoms with Crippen LogP contribution in [-0.4, -0.2) is 54.6 Å². The summed E-state index contributed by atoms with van der Waals surface area (Å²) in [7, 11) is 0. The fraction of sp³-hybridized carbons (Fsp3) is 0.444. The van der Waals surface area contributed by atoms with Gasteiger partial charge in [0.2, 0.25) is 5.91 Å². The summed E-state index contributed by atoms with van der Waals surface area (Å²) in [6, 6.07) is 12.9. The van der Waals surface area contributed by atoms with E-state index in [0.29, 0.717) is 55.5 Å². The molecule has 0 bridgehead atoms. The highest BCUT2D eigenvalue weighted by Gasteiger charge is 2.23. The Balaban J connectivity index is 1.50. The number of carbonyl (C=O) groups is 2. The molecule has 0 atom stereocenters. The van der Waals surface area contributed by atoms with E-state index in [9.17, 15) is 9.59 Å². The number of halogens is 1. The first-order chi connectivity index (χ1) is 17.4. The standard InChI is InChI=1S/C27H35ClN4O3S/c1-3-5-6-7-25(33)30-27(36)29-21-10-13-24(23(28)19-21)31-14-16-32(17-15-31)26(34)20-8-11-22(12-9-20)35-18-4-2/h8-13,19H,3-7,14-18H2,1-2H3,(H2,29,30,33,36). The average Bonchev–Trinajstić information content (AvgIpc) is 2.87. The second kappa shape index (κ2) is 14.0. The molecule has 0 saturated carbocycles. The molecule has 1 heterocycles. The summed E-state index contributed by atoms with van der Waals surface area (Å²) in [5.41, 5.74) is 2.28. The molecule has 1 saturated heterocycles. The van der Waals surface area contributed by atoms with Crippen molar-refractivity contribution in [2.75, 3.05) is 43.0 Å². The first-order valence-electron chi connectivity index (χ1n) is 12.6. The van der Waals surface area contributed by atoms with Crippen molar-refractivity contribution >= 4 is 52.1 Å². The van der Waals surface area contributed by atoms with E-state index < -0.39 is 0 Å². The third-order valence-electron chi connectivity index (χ3n) is 5.95. The monoisotopic (exact) mass is 530 g/mol. The number of rotatable bonds is 10. The third kappa shape index (κ3) is 8.10. The molecule has 1 fully saturated rings. The van der Waals surface area contributed by atoms with Gasteiger partial charge in [-0.1, -0.05) is 38.3 Å². The summed E-state index contributed by atoms with van der Waals surface area (Å²) >= 11 is 11.8. The van der Waals surface area contributed by atoms with E-state index in [-0.39, 0.29) is 16.9 Å². The molecule has 1 aliphatic rings. The van der Waals surface area contributed by atoms with Crippen molar-refractivity contribution in [2.24, 2.45) is 0 Å². The highest BCUT2D eigenvalue weighted by atomic mass is 35.5. The second-order valence-corrected chi connectivity index (χ2v) is 9.59. The Kier molecular flexibility index (Phi) is 10.8. The number of carbonyl (C=O) groups excluding carboxylic acids is 2. The SMILES string of the molecule is CCCCCC(=O)NC(=S)Nc1ccc(N2CCN(C(=O)c3ccc(OCCC)cc3)CC2)c(Cl)c1. The van der Waals surface area contributed by atoms with Gasteiger partial charge in [-0.05, 0) is 67.5 Å². The molecule has 194 valence electrons. The third-order valence-corrected chi connectivity index (χ3v) is 6.45. The predicted molar refractivity (Wildman–Crippen MR) is 150 cm³/mol. The molecular formula is C27H35ClN4O3S. The first-order valence-corrected chi connectivity index (χ1v) is 13.4. The van der Waals surface area contributed by atoms with E-state index in [1.165, 1.54) is 0 Å². The molecular weight excluding hydrogens is 496 g/mol. The van der Waals surface area contributed by atoms with Crippen LogP contribution in [0.25, 0.3) is 0 Å². The molecule has 0 aromatic heterocycles. The van der Waals surface area contributed by atoms with Gasteiger partial charge < -0.3 is 25.2 Å². The Hall–Kier alpha value is -2.84. The van der Waals surface area contributed by atoms with Crippen LogP contribution >= 0.6 is 23.8 Å². The zero-order valence-corrected chi connectivity index (χ0v) is 22.6. The van der Waals surface area contributed by atoms with Gasteiger partial charge in [0.05, 0.1) is 17.3 Å². The minimum atomic E-state index is -0.0862. The predicted octanol–water partition coefficient (Wildman–Crippen LogP) is 5.48. The Morgan fingerprint density at radius 1 is 1.00 bits per heavy atom. The first kappa shape index (κ1) is 27.7. The van der Waals surface area contributed by atoms with E-state index in [1.807, 2.05) is 41.3 Å². The number of unbranched alkanes of at least 4 members (excludes halogenated alkanes) is 2. The number of amides is 2. The summed E-state index contributed by atoms with van der Waals surface area (Å²) in [6.07, 6.45) is 4.34. The van der Waals surface area contributed by atoms with Gasteiger partial charge in [0.15, 0.2) is 5.11 Å². The van der Waals surface area contributed by atoms with Gasteiger partial charge in [0.1, 0.15) is 5.75 Å². The lowest BCUT2D eigenvalue weighted by atomic mass is 10.1. The molecule has 0 unspecified atom stereocenters. The van der Waals surface area contributed by atoms with Gasteiger partial charge >= 0.3 is 0 Å². The number of nitrogens with one attached hydrogen (secondary N) is 2. The highest BCUT2D eigenvalue weighted by Crippen LogP contribution is 2.30. The molecule has 2 aromatic rings. The normalized spacial score (nSPS) is 13.3. The second-order valence-electron chi connectivity index (χ2n) is 8.78. The summed E-state index contributed by atoms with van der Waals surface area (Å²) in [5.74, 6) is 0.713. The van der Waals surface area contributed by atoms with Crippen molar-refractivity contribution in [1.82, 2.24) is 10.2 Å². The Bertz CT molecular complexity index is 1040. The molecule has 2 aromatic carbocycles. The lowest BCUT2D eigenvalue weighted by Gasteiger charge is -2.36. The topological polar surface area (TPSA) is 73.9 Å². The number of hydrogen-bond donors (Lipinski definition) is 2. The van der Waals surface area contributed by atoms with Crippen LogP contribution in [-0.2, 0) is 4.79 Å². The molecule has 7 nitrogen and oxygen atoms in total. The molecule has 36 heavy (non-hydrogen) atoms. The number of nitrogens with zero attached hydrogens (tertiary/aromatic N) is 2. The number of ether oxygens (including phenoxy) is 1. The molecule has 0 spiro atoms. The van der Waals surface area contributed by atoms with Crippen LogP contribution < -0.4 is 20.3 Å². The highest BCUT2D eigenvalue weighted by molar-refractivity contribution is 7.80. The number of piperazine rings is 1. The zero-order chi connectivity index (χ0) is 25.9. The van der Waals surface area contributed by atoms with Crippen molar-refractivity contribution in [2.45, 2.75) is 46.0 Å². The van der Waals surface area contributed by atoms with E-state index in [1.54, 1.807) is 6.07 Å². The maximum Gasteiger partial charge on any atom is 0.253 e. The van der Waals surface area contributed by atoms with Gasteiger partial charge in [-0.3, -0.25) is 9.59 Å². The summed E-state index contributed by atoms with van der Waals surface area (Å²) in [5, 5.41) is 6.58. The van der Waals surface area contributed by atoms with Crippen LogP contribution in [0.2, 0.25) is 5.02 Å². The Morgan fingerprint density at radius 3 is 2.36 bits per heavy atom. The van der Waals surface area contributed by atoms with E-state index in [2.05, 4.69) is 29.4 Å². The molecule has 2 amide bonds. The van der Waals surface area contributed by atoms with Crippen LogP contribution in [0.5, 0.6) is 5.75 Å². The largest absolute Gasteiger partial charge is 0.494 e. The van der Waals surface area contributed by atoms with E-state index in [4.69, 9.17) is 28.6 Å². The summed E-state index contributed by atoms with van der Waals surface area (Å²) in [6.45, 7) is 7.40. The minimum Gasteiger partial charge on any atom is -0.494 e. The lowest BCUT2D eigenvalue weighted by molar-refractivity contribution is -0.119. The zero-order valence-electron chi connectivity index (χ0n) is 21.0. The fourth-order valence-electron chi connectivity index (χ4n) is 3.97. The van der Waals surface area contributed by atoms with Crippen LogP contribution in [0, 0.1) is 0 Å². The Labute approximate surface area is 224 Å². The lowest BCUT2D eigenvalue weighted by Crippen LogP contribution is -2.48. The average molecular weight is 531 g/mol. The molecule has 1 aliphatic heterocycles. The summed E-state index contributed by atoms with van der Waals surface area (Å²) in [4.78, 5) is 28.9. The van der Waals surface area contributed by atoms with E-state index >= 15 is 0 Å².